The number of hydrogen-bond donors (Lipinski definition) is 1. The summed E-state index contributed by atoms with van der Waals surface area (Å²) in [6, 6.07) is 15.4. The van der Waals surface area contributed by atoms with Crippen LogP contribution in [0.3, 0.4) is 0 Å². The van der Waals surface area contributed by atoms with Gasteiger partial charge in [-0.3, -0.25) is 4.79 Å². The predicted octanol–water partition coefficient (Wildman–Crippen LogP) is 4.22. The van der Waals surface area contributed by atoms with E-state index in [1.54, 1.807) is 7.11 Å². The van der Waals surface area contributed by atoms with Crippen LogP contribution < -0.4 is 19.7 Å². The van der Waals surface area contributed by atoms with E-state index in [4.69, 9.17) is 14.0 Å². The molecule has 0 unspecified atom stereocenters. The quantitative estimate of drug-likeness (QED) is 0.394. The van der Waals surface area contributed by atoms with Gasteiger partial charge < -0.3 is 24.2 Å². The molecule has 2 aromatic carbocycles. The second-order valence-electron chi connectivity index (χ2n) is 8.66. The van der Waals surface area contributed by atoms with Crippen LogP contribution in [0.25, 0.3) is 22.4 Å². The Morgan fingerprint density at radius 1 is 1.11 bits per heavy atom. The fourth-order valence-corrected chi connectivity index (χ4v) is 4.58. The van der Waals surface area contributed by atoms with Gasteiger partial charge in [0.15, 0.2) is 0 Å². The predicted molar refractivity (Wildman–Crippen MR) is 136 cm³/mol. The maximum absolute atomic E-state index is 12.9. The molecule has 1 aliphatic rings. The highest BCUT2D eigenvalue weighted by atomic mass is 16.5. The Hall–Kier alpha value is -4.14. The van der Waals surface area contributed by atoms with E-state index in [1.807, 2.05) is 55.5 Å². The zero-order valence-corrected chi connectivity index (χ0v) is 20.4. The number of anilines is 1. The van der Waals surface area contributed by atoms with Crippen molar-refractivity contribution in [2.75, 3.05) is 31.7 Å². The highest BCUT2D eigenvalue weighted by Gasteiger charge is 2.28. The van der Waals surface area contributed by atoms with E-state index in [0.717, 1.165) is 46.7 Å². The molecule has 0 radical (unpaired) electrons. The van der Waals surface area contributed by atoms with Crippen LogP contribution in [0.15, 0.2) is 59.4 Å². The van der Waals surface area contributed by atoms with Gasteiger partial charge in [0.1, 0.15) is 34.7 Å². The van der Waals surface area contributed by atoms with Gasteiger partial charge in [-0.05, 0) is 50.1 Å². The van der Waals surface area contributed by atoms with Gasteiger partial charge in [-0.15, -0.1) is 0 Å². The van der Waals surface area contributed by atoms with Gasteiger partial charge in [0.25, 0.3) is 5.71 Å². The number of nitrogens with one attached hydrogen (secondary N) is 1. The number of fused-ring (bicyclic) bond motifs is 1. The Morgan fingerprint density at radius 3 is 2.64 bits per heavy atom. The second-order valence-corrected chi connectivity index (χ2v) is 8.66. The van der Waals surface area contributed by atoms with E-state index in [-0.39, 0.29) is 11.8 Å². The number of hydrogen-bond acceptors (Lipinski definition) is 8. The molecule has 1 saturated heterocycles. The largest absolute Gasteiger partial charge is 0.497 e. The summed E-state index contributed by atoms with van der Waals surface area (Å²) in [7, 11) is 1.64. The molecule has 0 spiro atoms. The number of rotatable bonds is 8. The van der Waals surface area contributed by atoms with Gasteiger partial charge >= 0.3 is 0 Å². The summed E-state index contributed by atoms with van der Waals surface area (Å²) in [6.07, 6.45) is 2.95. The number of nitrogens with zero attached hydrogens (tertiary/aromatic N) is 4. The average Bonchev–Trinajstić information content (AvgIpc) is 3.37. The molecule has 9 nitrogen and oxygen atoms in total. The molecular formula is C27H29N5O4. The maximum atomic E-state index is 12.9. The Balaban J connectivity index is 1.27. The van der Waals surface area contributed by atoms with Crippen molar-refractivity contribution < 1.29 is 18.8 Å². The summed E-state index contributed by atoms with van der Waals surface area (Å²) in [5.41, 5.74) is 3.01. The number of aromatic nitrogens is 3. The molecule has 4 aromatic rings. The van der Waals surface area contributed by atoms with Crippen molar-refractivity contribution >= 4 is 22.8 Å². The standard InChI is InChI=1S/C27H29N5O4/c1-3-35-22-7-5-4-6-20(22)16-28-26(33)19-12-14-32(15-13-19)25-23-24(31-36-27(23)30-17-29-25)18-8-10-21(34-2)11-9-18/h4-11,17,19H,3,12-16H2,1-2H3,(H,28,33). The minimum absolute atomic E-state index is 0.0543. The number of amides is 1. The highest BCUT2D eigenvalue weighted by Crippen LogP contribution is 2.35. The van der Waals surface area contributed by atoms with Crippen molar-refractivity contribution in [3.8, 4) is 22.8 Å². The topological polar surface area (TPSA) is 103 Å². The van der Waals surface area contributed by atoms with Crippen LogP contribution in [0.5, 0.6) is 11.5 Å². The Bertz CT molecular complexity index is 1330. The first-order chi connectivity index (χ1) is 17.7. The summed E-state index contributed by atoms with van der Waals surface area (Å²) in [6.45, 7) is 4.40. The van der Waals surface area contributed by atoms with Crippen molar-refractivity contribution in [1.82, 2.24) is 20.4 Å². The lowest BCUT2D eigenvalue weighted by Crippen LogP contribution is -2.40. The number of piperidine rings is 1. The second kappa shape index (κ2) is 10.6. The van der Waals surface area contributed by atoms with Gasteiger partial charge in [-0.2, -0.15) is 4.98 Å². The zero-order chi connectivity index (χ0) is 24.9. The number of para-hydroxylation sites is 1. The summed E-state index contributed by atoms with van der Waals surface area (Å²) >= 11 is 0. The van der Waals surface area contributed by atoms with Gasteiger partial charge in [0.2, 0.25) is 5.91 Å². The Morgan fingerprint density at radius 2 is 1.89 bits per heavy atom. The summed E-state index contributed by atoms with van der Waals surface area (Å²) in [4.78, 5) is 23.9. The van der Waals surface area contributed by atoms with E-state index in [1.165, 1.54) is 6.33 Å². The van der Waals surface area contributed by atoms with Crippen molar-refractivity contribution in [2.45, 2.75) is 26.3 Å². The number of methoxy groups -OCH3 is 1. The van der Waals surface area contributed by atoms with E-state index < -0.39 is 0 Å². The summed E-state index contributed by atoms with van der Waals surface area (Å²) < 4.78 is 16.5. The minimum Gasteiger partial charge on any atom is -0.497 e. The first-order valence-corrected chi connectivity index (χ1v) is 12.2. The fraction of sp³-hybridized carbons (Fsp3) is 0.333. The van der Waals surface area contributed by atoms with Gasteiger partial charge in [-0.25, -0.2) is 4.98 Å². The minimum atomic E-state index is -0.0543. The number of ether oxygens (including phenoxy) is 2. The SMILES string of the molecule is CCOc1ccccc1CNC(=O)C1CCN(c2ncnc3onc(-c4ccc(OC)cc4)c23)CC1. The van der Waals surface area contributed by atoms with E-state index in [0.29, 0.717) is 37.6 Å². The van der Waals surface area contributed by atoms with E-state index in [2.05, 4.69) is 25.3 Å². The summed E-state index contributed by atoms with van der Waals surface area (Å²) in [5, 5.41) is 8.14. The van der Waals surface area contributed by atoms with Crippen LogP contribution in [-0.2, 0) is 11.3 Å². The lowest BCUT2D eigenvalue weighted by atomic mass is 9.95. The molecule has 9 heteroatoms. The van der Waals surface area contributed by atoms with Crippen LogP contribution in [0.2, 0.25) is 0 Å². The molecule has 1 fully saturated rings. The average molecular weight is 488 g/mol. The molecule has 186 valence electrons. The van der Waals surface area contributed by atoms with Gasteiger partial charge in [-0.1, -0.05) is 23.4 Å². The zero-order valence-electron chi connectivity index (χ0n) is 20.4. The fourth-order valence-electron chi connectivity index (χ4n) is 4.58. The first-order valence-electron chi connectivity index (χ1n) is 12.2. The molecule has 1 amide bonds. The van der Waals surface area contributed by atoms with Crippen LogP contribution in [0, 0.1) is 5.92 Å². The molecule has 0 bridgehead atoms. The lowest BCUT2D eigenvalue weighted by molar-refractivity contribution is -0.125. The summed E-state index contributed by atoms with van der Waals surface area (Å²) in [5.74, 6) is 2.37. The Labute approximate surface area is 209 Å². The van der Waals surface area contributed by atoms with E-state index in [9.17, 15) is 4.79 Å². The van der Waals surface area contributed by atoms with E-state index >= 15 is 0 Å². The molecule has 0 saturated carbocycles. The van der Waals surface area contributed by atoms with Crippen molar-refractivity contribution in [2.24, 2.45) is 5.92 Å². The van der Waals surface area contributed by atoms with Crippen molar-refractivity contribution in [3.63, 3.8) is 0 Å². The maximum Gasteiger partial charge on any atom is 0.263 e. The third-order valence-corrected chi connectivity index (χ3v) is 6.51. The molecule has 1 N–H and O–H groups in total. The molecule has 1 aliphatic heterocycles. The molecule has 3 heterocycles. The molecule has 5 rings (SSSR count). The third kappa shape index (κ3) is 4.82. The number of carbonyl (C=O) groups is 1. The molecule has 0 atom stereocenters. The van der Waals surface area contributed by atoms with Crippen LogP contribution in [0.1, 0.15) is 25.3 Å². The monoisotopic (exact) mass is 487 g/mol. The Kier molecular flexibility index (Phi) is 6.97. The van der Waals surface area contributed by atoms with Crippen molar-refractivity contribution in [1.29, 1.82) is 0 Å². The van der Waals surface area contributed by atoms with Crippen molar-refractivity contribution in [3.05, 3.63) is 60.4 Å². The molecule has 2 aromatic heterocycles. The third-order valence-electron chi connectivity index (χ3n) is 6.51. The lowest BCUT2D eigenvalue weighted by Gasteiger charge is -2.32. The number of carbonyl (C=O) groups excluding carboxylic acids is 1. The van der Waals surface area contributed by atoms with Crippen LogP contribution in [0.4, 0.5) is 5.82 Å². The highest BCUT2D eigenvalue weighted by molar-refractivity contribution is 5.98. The molecular weight excluding hydrogens is 458 g/mol. The first kappa shape index (κ1) is 23.6. The van der Waals surface area contributed by atoms with Crippen LogP contribution in [-0.4, -0.2) is 47.8 Å². The smallest absolute Gasteiger partial charge is 0.263 e. The number of benzene rings is 2. The molecule has 0 aliphatic carbocycles. The van der Waals surface area contributed by atoms with Gasteiger partial charge in [0.05, 0.1) is 13.7 Å². The normalized spacial score (nSPS) is 14.1. The van der Waals surface area contributed by atoms with Gasteiger partial charge in [0, 0.05) is 36.7 Å². The van der Waals surface area contributed by atoms with Crippen LogP contribution >= 0.6 is 0 Å². The molecule has 36 heavy (non-hydrogen) atoms.